The summed E-state index contributed by atoms with van der Waals surface area (Å²) in [4.78, 5) is 30.5. The number of aryl methyl sites for hydroxylation is 2. The van der Waals surface area contributed by atoms with Crippen LogP contribution in [0.3, 0.4) is 0 Å². The van der Waals surface area contributed by atoms with Gasteiger partial charge in [-0.3, -0.25) is 4.79 Å². The molecule has 2 aromatic heterocycles. The van der Waals surface area contributed by atoms with E-state index >= 15 is 0 Å². The van der Waals surface area contributed by atoms with E-state index < -0.39 is 5.97 Å². The molecule has 4 N–H and O–H groups in total. The fraction of sp³-hybridized carbons (Fsp3) is 0.611. The Morgan fingerprint density at radius 2 is 2.00 bits per heavy atom. The quantitative estimate of drug-likeness (QED) is 0.759. The van der Waals surface area contributed by atoms with E-state index in [9.17, 15) is 9.59 Å². The summed E-state index contributed by atoms with van der Waals surface area (Å²) in [6, 6.07) is 0.435. The molecule has 0 amide bonds. The molecule has 136 valence electrons. The number of hydrogen-bond acceptors (Lipinski definition) is 5. The van der Waals surface area contributed by atoms with Crippen molar-refractivity contribution in [1.82, 2.24) is 9.97 Å². The van der Waals surface area contributed by atoms with Gasteiger partial charge in [-0.25, -0.2) is 9.78 Å². The molecule has 2 aromatic rings. The zero-order valence-electron chi connectivity index (χ0n) is 14.5. The minimum Gasteiger partial charge on any atom is -0.475 e. The molecule has 1 atom stereocenters. The second kappa shape index (κ2) is 7.66. The van der Waals surface area contributed by atoms with Gasteiger partial charge in [0.05, 0.1) is 5.39 Å². The Morgan fingerprint density at radius 3 is 2.60 bits per heavy atom. The molecule has 7 heteroatoms. The average molecular weight is 363 g/mol. The lowest BCUT2D eigenvalue weighted by molar-refractivity contribution is 0.0683. The first-order chi connectivity index (χ1) is 12.0. The van der Waals surface area contributed by atoms with Crippen molar-refractivity contribution in [2.24, 2.45) is 11.7 Å². The van der Waals surface area contributed by atoms with Crippen molar-refractivity contribution in [3.05, 3.63) is 26.6 Å². The van der Waals surface area contributed by atoms with Crippen LogP contribution in [0, 0.1) is 5.92 Å². The molecule has 6 nitrogen and oxygen atoms in total. The number of aromatic carboxylic acids is 1. The third-order valence-corrected chi connectivity index (χ3v) is 6.36. The summed E-state index contributed by atoms with van der Waals surface area (Å²) in [6.45, 7) is 2.13. The molecule has 1 saturated carbocycles. The van der Waals surface area contributed by atoms with Crippen molar-refractivity contribution in [2.75, 3.05) is 0 Å². The topological polar surface area (TPSA) is 109 Å². The molecule has 0 unspecified atom stereocenters. The summed E-state index contributed by atoms with van der Waals surface area (Å²) < 4.78 is 0. The first kappa shape index (κ1) is 18.1. The Hall–Kier alpha value is -1.73. The lowest BCUT2D eigenvalue weighted by Crippen LogP contribution is -2.27. The number of nitrogens with one attached hydrogen (secondary N) is 1. The highest BCUT2D eigenvalue weighted by molar-refractivity contribution is 7.18. The normalized spacial score (nSPS) is 18.5. The van der Waals surface area contributed by atoms with Crippen LogP contribution in [0.1, 0.15) is 66.5 Å². The third kappa shape index (κ3) is 3.93. The summed E-state index contributed by atoms with van der Waals surface area (Å²) >= 11 is 1.44. The first-order valence-corrected chi connectivity index (χ1v) is 9.82. The van der Waals surface area contributed by atoms with Crippen molar-refractivity contribution in [2.45, 2.75) is 64.3 Å². The zero-order chi connectivity index (χ0) is 18.0. The van der Waals surface area contributed by atoms with E-state index in [1.54, 1.807) is 0 Å². The number of aromatic amines is 1. The summed E-state index contributed by atoms with van der Waals surface area (Å²) in [7, 11) is 0. The van der Waals surface area contributed by atoms with Gasteiger partial charge in [-0.1, -0.05) is 19.3 Å². The Morgan fingerprint density at radius 1 is 1.28 bits per heavy atom. The number of rotatable bonds is 2. The molecule has 0 aliphatic heterocycles. The molecule has 4 rings (SSSR count). The van der Waals surface area contributed by atoms with Crippen LogP contribution in [-0.2, 0) is 12.8 Å². The molecule has 2 heterocycles. The fourth-order valence-electron chi connectivity index (χ4n) is 3.76. The van der Waals surface area contributed by atoms with Gasteiger partial charge in [-0.05, 0) is 50.5 Å². The number of nitrogens with two attached hydrogens (primary N) is 1. The Labute approximate surface area is 150 Å². The SMILES string of the molecule is C[C@H](N)C1CCCCC1.O=C(O)c1nc2sc3c(c2c(=O)[nH]1)CCC3. The van der Waals surface area contributed by atoms with Gasteiger partial charge in [0.1, 0.15) is 4.83 Å². The summed E-state index contributed by atoms with van der Waals surface area (Å²) in [6.07, 6.45) is 9.93. The van der Waals surface area contributed by atoms with E-state index in [0.717, 1.165) is 30.7 Å². The number of aromatic nitrogens is 2. The van der Waals surface area contributed by atoms with Gasteiger partial charge in [0.2, 0.25) is 5.82 Å². The van der Waals surface area contributed by atoms with E-state index in [-0.39, 0.29) is 11.4 Å². The molecule has 2 aliphatic carbocycles. The Balaban J connectivity index is 0.000000173. The van der Waals surface area contributed by atoms with Crippen LogP contribution in [0.2, 0.25) is 0 Å². The lowest BCUT2D eigenvalue weighted by atomic mass is 9.85. The second-order valence-corrected chi connectivity index (χ2v) is 8.10. The second-order valence-electron chi connectivity index (χ2n) is 7.01. The van der Waals surface area contributed by atoms with Gasteiger partial charge >= 0.3 is 5.97 Å². The van der Waals surface area contributed by atoms with Gasteiger partial charge in [0.15, 0.2) is 0 Å². The smallest absolute Gasteiger partial charge is 0.372 e. The molecule has 0 saturated heterocycles. The van der Waals surface area contributed by atoms with Crippen LogP contribution < -0.4 is 11.3 Å². The van der Waals surface area contributed by atoms with E-state index in [1.165, 1.54) is 48.3 Å². The summed E-state index contributed by atoms with van der Waals surface area (Å²) in [5, 5.41) is 9.37. The van der Waals surface area contributed by atoms with E-state index in [0.29, 0.717) is 16.3 Å². The van der Waals surface area contributed by atoms with Gasteiger partial charge in [0, 0.05) is 10.9 Å². The third-order valence-electron chi connectivity index (χ3n) is 5.17. The molecule has 1 fully saturated rings. The van der Waals surface area contributed by atoms with Gasteiger partial charge in [0.25, 0.3) is 5.56 Å². The van der Waals surface area contributed by atoms with Crippen LogP contribution in [-0.4, -0.2) is 27.1 Å². The maximum atomic E-state index is 11.8. The molecular weight excluding hydrogens is 338 g/mol. The first-order valence-electron chi connectivity index (χ1n) is 9.00. The van der Waals surface area contributed by atoms with E-state index in [2.05, 4.69) is 16.9 Å². The lowest BCUT2D eigenvalue weighted by Gasteiger charge is -2.24. The number of carbonyl (C=O) groups is 1. The highest BCUT2D eigenvalue weighted by atomic mass is 32.1. The maximum Gasteiger partial charge on any atom is 0.372 e. The zero-order valence-corrected chi connectivity index (χ0v) is 15.3. The summed E-state index contributed by atoms with van der Waals surface area (Å²) in [5.41, 5.74) is 6.50. The number of nitrogens with zero attached hydrogens (tertiary/aromatic N) is 1. The molecule has 25 heavy (non-hydrogen) atoms. The predicted octanol–water partition coefficient (Wildman–Crippen LogP) is 3.09. The Kier molecular flexibility index (Phi) is 5.54. The highest BCUT2D eigenvalue weighted by Crippen LogP contribution is 2.34. The predicted molar refractivity (Wildman–Crippen MR) is 99.4 cm³/mol. The van der Waals surface area contributed by atoms with Crippen LogP contribution in [0.15, 0.2) is 4.79 Å². The molecule has 0 spiro atoms. The van der Waals surface area contributed by atoms with Crippen LogP contribution in [0.5, 0.6) is 0 Å². The van der Waals surface area contributed by atoms with Gasteiger partial charge in [-0.2, -0.15) is 0 Å². The van der Waals surface area contributed by atoms with Crippen LogP contribution in [0.4, 0.5) is 0 Å². The molecular formula is C18H25N3O3S. The van der Waals surface area contributed by atoms with Crippen molar-refractivity contribution >= 4 is 27.5 Å². The highest BCUT2D eigenvalue weighted by Gasteiger charge is 2.22. The van der Waals surface area contributed by atoms with Crippen molar-refractivity contribution in [3.63, 3.8) is 0 Å². The number of fused-ring (bicyclic) bond motifs is 3. The minimum absolute atomic E-state index is 0.280. The average Bonchev–Trinajstić information content (AvgIpc) is 3.16. The number of thiophene rings is 1. The molecule has 2 aliphatic rings. The van der Waals surface area contributed by atoms with E-state index in [4.69, 9.17) is 10.8 Å². The van der Waals surface area contributed by atoms with Crippen LogP contribution >= 0.6 is 11.3 Å². The number of hydrogen-bond donors (Lipinski definition) is 3. The molecule has 0 aromatic carbocycles. The van der Waals surface area contributed by atoms with Gasteiger partial charge < -0.3 is 15.8 Å². The number of carboxylic acid groups (broad SMARTS) is 1. The van der Waals surface area contributed by atoms with Gasteiger partial charge in [-0.15, -0.1) is 11.3 Å². The van der Waals surface area contributed by atoms with Crippen molar-refractivity contribution in [3.8, 4) is 0 Å². The summed E-state index contributed by atoms with van der Waals surface area (Å²) in [5.74, 6) is -0.649. The number of H-pyrrole nitrogens is 1. The Bertz CT molecular complexity index is 819. The maximum absolute atomic E-state index is 11.8. The fourth-order valence-corrected chi connectivity index (χ4v) is 5.03. The standard InChI is InChI=1S/C10H8N2O3S.C8H17N/c13-8-6-4-2-1-3-5(4)16-9(6)12-7(11-8)10(14)15;1-7(9)8-5-3-2-4-6-8/h1-3H2,(H,14,15)(H,11,12,13);7-8H,2-6,9H2,1H3/t;7-/m.0/s1. The molecule has 0 radical (unpaired) electrons. The largest absolute Gasteiger partial charge is 0.475 e. The van der Waals surface area contributed by atoms with E-state index in [1.807, 2.05) is 0 Å². The minimum atomic E-state index is -1.20. The van der Waals surface area contributed by atoms with Crippen LogP contribution in [0.25, 0.3) is 10.2 Å². The van der Waals surface area contributed by atoms with Crippen molar-refractivity contribution < 1.29 is 9.90 Å². The van der Waals surface area contributed by atoms with Crippen molar-refractivity contribution in [1.29, 1.82) is 0 Å². The molecule has 0 bridgehead atoms. The number of carboxylic acids is 1. The monoisotopic (exact) mass is 363 g/mol.